The third-order valence-corrected chi connectivity index (χ3v) is 1.56. The van der Waals surface area contributed by atoms with E-state index >= 15 is 0 Å². The number of rotatable bonds is 0. The van der Waals surface area contributed by atoms with E-state index in [1.54, 1.807) is 0 Å². The van der Waals surface area contributed by atoms with Gasteiger partial charge in [0.15, 0.2) is 0 Å². The molecule has 0 N–H and O–H groups in total. The van der Waals surface area contributed by atoms with Crippen LogP contribution in [0.4, 0.5) is 0 Å². The van der Waals surface area contributed by atoms with Gasteiger partial charge in [0.2, 0.25) is 0 Å². The van der Waals surface area contributed by atoms with Crippen LogP contribution in [-0.4, -0.2) is 12.8 Å². The molecule has 1 rings (SSSR count). The lowest BCUT2D eigenvalue weighted by molar-refractivity contribution is 1.21. The Morgan fingerprint density at radius 2 is 2.22 bits per heavy atom. The summed E-state index contributed by atoms with van der Waals surface area (Å²) in [5.74, 6) is 0. The van der Waals surface area contributed by atoms with E-state index in [0.717, 1.165) is 11.2 Å². The first-order chi connectivity index (χ1) is 4.20. The van der Waals surface area contributed by atoms with E-state index in [0.29, 0.717) is 5.15 Å². The van der Waals surface area contributed by atoms with Crippen molar-refractivity contribution in [2.75, 3.05) is 0 Å². The van der Waals surface area contributed by atoms with Crippen LogP contribution in [0, 0.1) is 6.92 Å². The van der Waals surface area contributed by atoms with E-state index in [1.807, 2.05) is 26.9 Å². The first-order valence-corrected chi connectivity index (χ1v) is 3.17. The highest BCUT2D eigenvalue weighted by atomic mass is 35.5. The molecule has 0 aliphatic carbocycles. The summed E-state index contributed by atoms with van der Waals surface area (Å²) in [5, 5.41) is 0.606. The zero-order chi connectivity index (χ0) is 6.85. The maximum absolute atomic E-state index is 5.70. The molecule has 0 amide bonds. The highest BCUT2D eigenvalue weighted by Gasteiger charge is 1.93. The Balaban J connectivity index is 3.17. The topological polar surface area (TPSA) is 12.9 Å². The lowest BCUT2D eigenvalue weighted by Gasteiger charge is -1.95. The lowest BCUT2D eigenvalue weighted by atomic mass is 9.99. The van der Waals surface area contributed by atoms with Crippen LogP contribution in [0.25, 0.3) is 0 Å². The summed E-state index contributed by atoms with van der Waals surface area (Å²) in [6.07, 6.45) is 0. The van der Waals surface area contributed by atoms with Gasteiger partial charge in [0, 0.05) is 5.69 Å². The molecule has 0 unspecified atom stereocenters. The van der Waals surface area contributed by atoms with Gasteiger partial charge in [0.1, 0.15) is 13.0 Å². The van der Waals surface area contributed by atoms with Crippen molar-refractivity contribution in [3.63, 3.8) is 0 Å². The normalized spacial score (nSPS) is 9.56. The van der Waals surface area contributed by atoms with Crippen LogP contribution in [-0.2, 0) is 0 Å². The predicted molar refractivity (Wildman–Crippen MR) is 42.2 cm³/mol. The summed E-state index contributed by atoms with van der Waals surface area (Å²) >= 11 is 5.70. The van der Waals surface area contributed by atoms with E-state index in [9.17, 15) is 0 Å². The van der Waals surface area contributed by atoms with E-state index in [1.165, 1.54) is 0 Å². The molecule has 0 bridgehead atoms. The van der Waals surface area contributed by atoms with E-state index < -0.39 is 0 Å². The van der Waals surface area contributed by atoms with E-state index in [-0.39, 0.29) is 0 Å². The second-order valence-corrected chi connectivity index (χ2v) is 2.42. The fraction of sp³-hybridized carbons (Fsp3) is 0.167. The molecule has 1 aromatic rings. The molecular weight excluding hydrogens is 132 g/mol. The fourth-order valence-electron chi connectivity index (χ4n) is 0.595. The van der Waals surface area contributed by atoms with Crippen molar-refractivity contribution >= 4 is 24.9 Å². The Morgan fingerprint density at radius 1 is 1.56 bits per heavy atom. The van der Waals surface area contributed by atoms with Gasteiger partial charge in [0.25, 0.3) is 0 Å². The van der Waals surface area contributed by atoms with Gasteiger partial charge >= 0.3 is 0 Å². The molecule has 3 heteroatoms. The van der Waals surface area contributed by atoms with Crippen molar-refractivity contribution in [2.45, 2.75) is 6.92 Å². The summed E-state index contributed by atoms with van der Waals surface area (Å²) in [7, 11) is 1.94. The molecule has 0 aliphatic rings. The van der Waals surface area contributed by atoms with Crippen LogP contribution in [0.3, 0.4) is 0 Å². The van der Waals surface area contributed by atoms with Crippen LogP contribution in [0.5, 0.6) is 0 Å². The SMILES string of the molecule is Bc1ccc(C)nc1Cl. The van der Waals surface area contributed by atoms with Crippen molar-refractivity contribution in [1.29, 1.82) is 0 Å². The molecule has 0 aromatic carbocycles. The number of hydrogen-bond donors (Lipinski definition) is 0. The first kappa shape index (κ1) is 6.62. The zero-order valence-corrected chi connectivity index (χ0v) is 6.24. The average Bonchev–Trinajstić information content (AvgIpc) is 1.80. The third kappa shape index (κ3) is 1.45. The summed E-state index contributed by atoms with van der Waals surface area (Å²) in [6, 6.07) is 3.91. The Kier molecular flexibility index (Phi) is 1.77. The number of nitrogens with zero attached hydrogens (tertiary/aromatic N) is 1. The number of aryl methyl sites for hydroxylation is 1. The highest BCUT2D eigenvalue weighted by molar-refractivity contribution is 6.44. The minimum absolute atomic E-state index is 0.606. The van der Waals surface area contributed by atoms with Gasteiger partial charge in [-0.1, -0.05) is 23.1 Å². The van der Waals surface area contributed by atoms with Gasteiger partial charge in [-0.15, -0.1) is 0 Å². The van der Waals surface area contributed by atoms with E-state index in [4.69, 9.17) is 11.6 Å². The molecule has 0 aliphatic heterocycles. The van der Waals surface area contributed by atoms with Gasteiger partial charge in [-0.3, -0.25) is 0 Å². The number of hydrogen-bond acceptors (Lipinski definition) is 1. The predicted octanol–water partition coefficient (Wildman–Crippen LogP) is 0.302. The molecule has 1 nitrogen and oxygen atoms in total. The molecule has 0 atom stereocenters. The lowest BCUT2D eigenvalue weighted by Crippen LogP contribution is -2.05. The second-order valence-electron chi connectivity index (χ2n) is 2.06. The van der Waals surface area contributed by atoms with E-state index in [2.05, 4.69) is 4.98 Å². The molecular formula is C6H7BClN. The standard InChI is InChI=1S/C6H7BClN/c1-4-2-3-5(7)6(8)9-4/h2-3H,7H2,1H3. The van der Waals surface area contributed by atoms with Crippen molar-refractivity contribution < 1.29 is 0 Å². The van der Waals surface area contributed by atoms with Crippen molar-refractivity contribution in [1.82, 2.24) is 4.98 Å². The molecule has 0 fully saturated rings. The molecule has 46 valence electrons. The van der Waals surface area contributed by atoms with Crippen LogP contribution in [0.2, 0.25) is 5.15 Å². The minimum atomic E-state index is 0.606. The maximum Gasteiger partial charge on any atom is 0.143 e. The molecule has 0 saturated heterocycles. The largest absolute Gasteiger partial charge is 0.242 e. The number of aromatic nitrogens is 1. The Hall–Kier alpha value is -0.495. The monoisotopic (exact) mass is 139 g/mol. The number of halogens is 1. The second kappa shape index (κ2) is 2.40. The Morgan fingerprint density at radius 3 is 2.67 bits per heavy atom. The first-order valence-electron chi connectivity index (χ1n) is 2.80. The summed E-state index contributed by atoms with van der Waals surface area (Å²) in [5.41, 5.74) is 1.99. The molecule has 0 spiro atoms. The third-order valence-electron chi connectivity index (χ3n) is 1.17. The summed E-state index contributed by atoms with van der Waals surface area (Å²) in [6.45, 7) is 1.92. The van der Waals surface area contributed by atoms with Crippen molar-refractivity contribution in [3.05, 3.63) is 23.0 Å². The average molecular weight is 139 g/mol. The van der Waals surface area contributed by atoms with Crippen LogP contribution in [0.1, 0.15) is 5.69 Å². The van der Waals surface area contributed by atoms with Crippen molar-refractivity contribution in [3.8, 4) is 0 Å². The molecule has 0 radical (unpaired) electrons. The van der Waals surface area contributed by atoms with Crippen LogP contribution < -0.4 is 5.46 Å². The van der Waals surface area contributed by atoms with Gasteiger partial charge in [-0.25, -0.2) is 4.98 Å². The van der Waals surface area contributed by atoms with Crippen LogP contribution in [0.15, 0.2) is 12.1 Å². The quantitative estimate of drug-likeness (QED) is 0.372. The molecule has 0 saturated carbocycles. The summed E-state index contributed by atoms with van der Waals surface area (Å²) in [4.78, 5) is 4.04. The molecule has 1 heterocycles. The highest BCUT2D eigenvalue weighted by Crippen LogP contribution is 1.99. The number of pyridine rings is 1. The van der Waals surface area contributed by atoms with Gasteiger partial charge in [0.05, 0.1) is 0 Å². The Bertz CT molecular complexity index is 224. The van der Waals surface area contributed by atoms with Crippen LogP contribution >= 0.6 is 11.6 Å². The van der Waals surface area contributed by atoms with Gasteiger partial charge in [-0.2, -0.15) is 0 Å². The molecule has 1 aromatic heterocycles. The minimum Gasteiger partial charge on any atom is -0.242 e. The molecule has 9 heavy (non-hydrogen) atoms. The van der Waals surface area contributed by atoms with Gasteiger partial charge < -0.3 is 0 Å². The maximum atomic E-state index is 5.70. The summed E-state index contributed by atoms with van der Waals surface area (Å²) < 4.78 is 0. The van der Waals surface area contributed by atoms with Crippen molar-refractivity contribution in [2.24, 2.45) is 0 Å². The van der Waals surface area contributed by atoms with Gasteiger partial charge in [-0.05, 0) is 13.0 Å². The zero-order valence-electron chi connectivity index (χ0n) is 5.48. The Labute approximate surface area is 60.5 Å². The smallest absolute Gasteiger partial charge is 0.143 e. The fourth-order valence-corrected chi connectivity index (χ4v) is 0.791.